The normalized spacial score (nSPS) is 25.2. The molecule has 1 saturated carbocycles. The maximum atomic E-state index is 15.1. The summed E-state index contributed by atoms with van der Waals surface area (Å²) in [5.74, 6) is -24.2. The predicted octanol–water partition coefficient (Wildman–Crippen LogP) is 4.61. The van der Waals surface area contributed by atoms with E-state index in [1.54, 1.807) is 0 Å². The van der Waals surface area contributed by atoms with Gasteiger partial charge >= 0.3 is 35.5 Å². The minimum atomic E-state index is -5.61. The summed E-state index contributed by atoms with van der Waals surface area (Å²) >= 11 is 0. The van der Waals surface area contributed by atoms with Gasteiger partial charge in [-0.1, -0.05) is 0 Å². The molecule has 0 N–H and O–H groups in total. The van der Waals surface area contributed by atoms with Gasteiger partial charge in [-0.05, 0) is 48.5 Å². The molecule has 0 aliphatic heterocycles. The predicted molar refractivity (Wildman–Crippen MR) is 94.3 cm³/mol. The van der Waals surface area contributed by atoms with E-state index in [-0.39, 0.29) is 11.5 Å². The van der Waals surface area contributed by atoms with Crippen LogP contribution in [0.5, 0.6) is 23.0 Å². The molecule has 0 saturated heterocycles. The zero-order chi connectivity index (χ0) is 23.9. The summed E-state index contributed by atoms with van der Waals surface area (Å²) in [7, 11) is 0. The maximum absolute atomic E-state index is 15.1. The van der Waals surface area contributed by atoms with Crippen molar-refractivity contribution in [2.75, 3.05) is 0 Å². The summed E-state index contributed by atoms with van der Waals surface area (Å²) in [6.45, 7) is 2.15. The first kappa shape index (κ1) is 23.2. The number of hydrogen-bond donors (Lipinski definition) is 0. The molecule has 32 heavy (non-hydrogen) atoms. The number of carbonyl (C=O) groups excluding carboxylic acids is 2. The molecule has 1 aliphatic rings. The number of esters is 2. The Hall–Kier alpha value is -3.44. The molecule has 172 valence electrons. The third-order valence-corrected chi connectivity index (χ3v) is 4.30. The lowest BCUT2D eigenvalue weighted by molar-refractivity contribution is -0.527. The molecule has 6 nitrogen and oxygen atoms in total. The number of ether oxygens (including phenoxy) is 4. The molecule has 1 fully saturated rings. The van der Waals surface area contributed by atoms with Crippen LogP contribution in [0.15, 0.2) is 48.5 Å². The van der Waals surface area contributed by atoms with Crippen LogP contribution in [0, 0.1) is 0 Å². The first-order valence-electron chi connectivity index (χ1n) is 8.82. The highest BCUT2D eigenvalue weighted by molar-refractivity contribution is 5.69. The molecule has 0 radical (unpaired) electrons. The lowest BCUT2D eigenvalue weighted by Crippen LogP contribution is -2.89. The Morgan fingerprint density at radius 3 is 1.06 bits per heavy atom. The third kappa shape index (κ3) is 3.49. The van der Waals surface area contributed by atoms with Gasteiger partial charge in [0.15, 0.2) is 0 Å². The number of alkyl halides is 6. The molecular weight excluding hydrogens is 450 g/mol. The van der Waals surface area contributed by atoms with Crippen molar-refractivity contribution in [3.63, 3.8) is 0 Å². The van der Waals surface area contributed by atoms with Crippen LogP contribution < -0.4 is 18.9 Å². The highest BCUT2D eigenvalue weighted by Gasteiger charge is 3.03. The van der Waals surface area contributed by atoms with Gasteiger partial charge in [0.05, 0.1) is 0 Å². The minimum absolute atomic E-state index is 0.0842. The lowest BCUT2D eigenvalue weighted by atomic mass is 9.76. The average molecular weight is 464 g/mol. The van der Waals surface area contributed by atoms with Gasteiger partial charge < -0.3 is 18.9 Å². The SMILES string of the molecule is CC(=O)Oc1ccc(OC2(F)C(F)(F)C(F)(F)C2(F)Oc2ccc(OC(C)=O)cc2)cc1. The molecule has 3 rings (SSSR count). The van der Waals surface area contributed by atoms with Gasteiger partial charge in [0, 0.05) is 13.8 Å². The summed E-state index contributed by atoms with van der Waals surface area (Å²) < 4.78 is 104. The summed E-state index contributed by atoms with van der Waals surface area (Å²) in [5, 5.41) is 0. The van der Waals surface area contributed by atoms with Crippen LogP contribution in [0.4, 0.5) is 26.3 Å². The molecule has 0 spiro atoms. The van der Waals surface area contributed by atoms with Crippen LogP contribution in [-0.2, 0) is 9.59 Å². The Balaban J connectivity index is 1.88. The van der Waals surface area contributed by atoms with Crippen LogP contribution >= 0.6 is 0 Å². The van der Waals surface area contributed by atoms with E-state index in [1.165, 1.54) is 0 Å². The summed E-state index contributed by atoms with van der Waals surface area (Å²) in [6, 6.07) is 7.18. The fourth-order valence-corrected chi connectivity index (χ4v) is 2.81. The second kappa shape index (κ2) is 7.61. The van der Waals surface area contributed by atoms with Gasteiger partial charge in [-0.25, -0.2) is 0 Å². The summed E-state index contributed by atoms with van der Waals surface area (Å²) in [6.07, 6.45) is 0. The van der Waals surface area contributed by atoms with Gasteiger partial charge in [-0.3, -0.25) is 9.59 Å². The van der Waals surface area contributed by atoms with E-state index in [9.17, 15) is 27.2 Å². The standard InChI is InChI=1S/C20H14F6O6/c1-11(27)29-13-3-7-15(8-4-13)31-19(25)17(21,22)18(23,24)20(19,26)32-16-9-5-14(6-10-16)30-12(2)28/h3-10H,1-2H3. The molecule has 12 heteroatoms. The molecule has 2 unspecified atom stereocenters. The lowest BCUT2D eigenvalue weighted by Gasteiger charge is -2.55. The van der Waals surface area contributed by atoms with Crippen molar-refractivity contribution >= 4 is 11.9 Å². The summed E-state index contributed by atoms with van der Waals surface area (Å²) in [4.78, 5) is 21.8. The van der Waals surface area contributed by atoms with Gasteiger partial charge in [0.1, 0.15) is 23.0 Å². The maximum Gasteiger partial charge on any atom is 0.395 e. The van der Waals surface area contributed by atoms with Crippen molar-refractivity contribution < 1.29 is 54.9 Å². The van der Waals surface area contributed by atoms with E-state index >= 15 is 8.78 Å². The van der Waals surface area contributed by atoms with E-state index in [0.29, 0.717) is 0 Å². The number of benzene rings is 2. The third-order valence-electron chi connectivity index (χ3n) is 4.30. The first-order chi connectivity index (χ1) is 14.7. The zero-order valence-electron chi connectivity index (χ0n) is 16.3. The van der Waals surface area contributed by atoms with Crippen molar-refractivity contribution in [2.24, 2.45) is 0 Å². The number of carbonyl (C=O) groups is 2. The second-order valence-electron chi connectivity index (χ2n) is 6.67. The highest BCUT2D eigenvalue weighted by Crippen LogP contribution is 2.68. The fraction of sp³-hybridized carbons (Fsp3) is 0.300. The number of rotatable bonds is 6. The van der Waals surface area contributed by atoms with Crippen molar-refractivity contribution in [3.8, 4) is 23.0 Å². The Bertz CT molecular complexity index is 942. The number of hydrogen-bond acceptors (Lipinski definition) is 6. The van der Waals surface area contributed by atoms with Gasteiger partial charge in [-0.2, -0.15) is 26.3 Å². The van der Waals surface area contributed by atoms with Crippen LogP contribution in [0.25, 0.3) is 0 Å². The molecule has 1 aliphatic carbocycles. The Morgan fingerprint density at radius 1 is 0.562 bits per heavy atom. The molecule has 0 aromatic heterocycles. The monoisotopic (exact) mass is 464 g/mol. The van der Waals surface area contributed by atoms with E-state index < -0.39 is 47.0 Å². The van der Waals surface area contributed by atoms with Gasteiger partial charge in [0.25, 0.3) is 0 Å². The molecule has 2 aromatic rings. The van der Waals surface area contributed by atoms with Crippen molar-refractivity contribution in [2.45, 2.75) is 37.4 Å². The van der Waals surface area contributed by atoms with Gasteiger partial charge in [-0.15, -0.1) is 0 Å². The molecule has 2 aromatic carbocycles. The van der Waals surface area contributed by atoms with E-state index in [2.05, 4.69) is 18.9 Å². The molecule has 0 bridgehead atoms. The zero-order valence-corrected chi connectivity index (χ0v) is 16.3. The van der Waals surface area contributed by atoms with Crippen LogP contribution in [0.1, 0.15) is 13.8 Å². The number of halogens is 6. The Labute approximate surface area is 176 Å². The smallest absolute Gasteiger partial charge is 0.395 e. The second-order valence-corrected chi connectivity index (χ2v) is 6.67. The average Bonchev–Trinajstić information content (AvgIpc) is 2.69. The largest absolute Gasteiger partial charge is 0.447 e. The quantitative estimate of drug-likeness (QED) is 0.353. The Kier molecular flexibility index (Phi) is 5.52. The highest BCUT2D eigenvalue weighted by atomic mass is 19.3. The minimum Gasteiger partial charge on any atom is -0.447 e. The molecular formula is C20H14F6O6. The fourth-order valence-electron chi connectivity index (χ4n) is 2.81. The van der Waals surface area contributed by atoms with E-state index in [0.717, 1.165) is 62.4 Å². The van der Waals surface area contributed by atoms with Gasteiger partial charge in [0.2, 0.25) is 0 Å². The van der Waals surface area contributed by atoms with Crippen LogP contribution in [-0.4, -0.2) is 35.5 Å². The van der Waals surface area contributed by atoms with Crippen molar-refractivity contribution in [1.82, 2.24) is 0 Å². The molecule has 0 amide bonds. The van der Waals surface area contributed by atoms with E-state index in [1.807, 2.05) is 0 Å². The molecule has 0 heterocycles. The first-order valence-corrected chi connectivity index (χ1v) is 8.82. The van der Waals surface area contributed by atoms with Crippen LogP contribution in [0.3, 0.4) is 0 Å². The van der Waals surface area contributed by atoms with E-state index in [4.69, 9.17) is 0 Å². The Morgan fingerprint density at radius 2 is 0.812 bits per heavy atom. The van der Waals surface area contributed by atoms with Crippen molar-refractivity contribution in [1.29, 1.82) is 0 Å². The summed E-state index contributed by atoms with van der Waals surface area (Å²) in [5.41, 5.74) is 0. The topological polar surface area (TPSA) is 71.1 Å². The molecule has 2 atom stereocenters. The van der Waals surface area contributed by atoms with Crippen LogP contribution in [0.2, 0.25) is 0 Å². The van der Waals surface area contributed by atoms with Crippen molar-refractivity contribution in [3.05, 3.63) is 48.5 Å².